The number of benzene rings is 3. The summed E-state index contributed by atoms with van der Waals surface area (Å²) in [5.41, 5.74) is 4.95. The molecule has 1 amide bonds. The molecule has 0 spiro atoms. The number of fused-ring (bicyclic) bond motifs is 5. The Morgan fingerprint density at radius 3 is 2.50 bits per heavy atom. The van der Waals surface area contributed by atoms with Gasteiger partial charge in [-0.25, -0.2) is 4.79 Å². The van der Waals surface area contributed by atoms with Crippen molar-refractivity contribution in [3.8, 4) is 0 Å². The molecule has 6 rings (SSSR count). The van der Waals surface area contributed by atoms with Gasteiger partial charge in [-0.05, 0) is 23.8 Å². The fraction of sp³-hybridized carbons (Fsp3) is 0.250. The van der Waals surface area contributed by atoms with Crippen molar-refractivity contribution in [2.75, 3.05) is 12.3 Å². The number of amides is 1. The van der Waals surface area contributed by atoms with E-state index >= 15 is 0 Å². The molecular weight excluding hydrogens is 460 g/mol. The number of ether oxygens (including phenoxy) is 1. The molecule has 0 radical (unpaired) electrons. The van der Waals surface area contributed by atoms with Crippen molar-refractivity contribution in [2.24, 2.45) is 0 Å². The molecule has 4 aromatic rings. The smallest absolute Gasteiger partial charge is 0.410 e. The SMILES string of the molecule is O=C1O[C@H]2CC(SCc3ccccc3)c3[nH]c4ccccc4c3[C@H]2N1CCSc1ccccc1. The van der Waals surface area contributed by atoms with Gasteiger partial charge < -0.3 is 9.72 Å². The fourth-order valence-corrected chi connectivity index (χ4v) is 7.25. The molecule has 2 aliphatic rings. The Bertz CT molecular complexity index is 1290. The molecule has 1 aromatic heterocycles. The van der Waals surface area contributed by atoms with Crippen LogP contribution in [0.1, 0.15) is 34.5 Å². The summed E-state index contributed by atoms with van der Waals surface area (Å²) >= 11 is 3.71. The van der Waals surface area contributed by atoms with E-state index < -0.39 is 0 Å². The molecular formula is C28H26N2O2S2. The van der Waals surface area contributed by atoms with Crippen LogP contribution >= 0.6 is 23.5 Å². The summed E-state index contributed by atoms with van der Waals surface area (Å²) in [7, 11) is 0. The van der Waals surface area contributed by atoms with Crippen molar-refractivity contribution < 1.29 is 9.53 Å². The highest BCUT2D eigenvalue weighted by Gasteiger charge is 2.49. The zero-order chi connectivity index (χ0) is 22.9. The van der Waals surface area contributed by atoms with Crippen molar-refractivity contribution >= 4 is 40.5 Å². The molecule has 3 aromatic carbocycles. The van der Waals surface area contributed by atoms with E-state index in [9.17, 15) is 4.79 Å². The Morgan fingerprint density at radius 1 is 0.941 bits per heavy atom. The van der Waals surface area contributed by atoms with Crippen molar-refractivity contribution in [1.29, 1.82) is 0 Å². The molecule has 1 aliphatic carbocycles. The number of hydrogen-bond acceptors (Lipinski definition) is 4. The van der Waals surface area contributed by atoms with Crippen molar-refractivity contribution in [3.05, 3.63) is 102 Å². The van der Waals surface area contributed by atoms with Gasteiger partial charge in [0.25, 0.3) is 0 Å². The summed E-state index contributed by atoms with van der Waals surface area (Å²) in [4.78, 5) is 19.9. The van der Waals surface area contributed by atoms with E-state index in [2.05, 4.69) is 83.8 Å². The maximum absolute atomic E-state index is 13.0. The molecule has 6 heteroatoms. The molecule has 34 heavy (non-hydrogen) atoms. The Morgan fingerprint density at radius 2 is 1.68 bits per heavy atom. The summed E-state index contributed by atoms with van der Waals surface area (Å²) in [6, 6.07) is 29.4. The molecule has 1 fully saturated rings. The topological polar surface area (TPSA) is 45.3 Å². The Balaban J connectivity index is 1.29. The molecule has 4 nitrogen and oxygen atoms in total. The zero-order valence-electron chi connectivity index (χ0n) is 18.7. The summed E-state index contributed by atoms with van der Waals surface area (Å²) in [5, 5.41) is 1.46. The first-order chi connectivity index (χ1) is 16.8. The van der Waals surface area contributed by atoms with Crippen LogP contribution in [0.3, 0.4) is 0 Å². The summed E-state index contributed by atoms with van der Waals surface area (Å²) in [6.07, 6.45) is 0.526. The number of rotatable bonds is 7. The molecule has 3 atom stereocenters. The van der Waals surface area contributed by atoms with Gasteiger partial charge in [0.1, 0.15) is 6.10 Å². The Hall–Kier alpha value is -2.83. The van der Waals surface area contributed by atoms with Gasteiger partial charge in [-0.1, -0.05) is 66.7 Å². The van der Waals surface area contributed by atoms with Gasteiger partial charge in [0.2, 0.25) is 0 Å². The van der Waals surface area contributed by atoms with Gasteiger partial charge in [-0.2, -0.15) is 0 Å². The monoisotopic (exact) mass is 486 g/mol. The van der Waals surface area contributed by atoms with E-state index in [1.165, 1.54) is 27.1 Å². The van der Waals surface area contributed by atoms with Crippen molar-refractivity contribution in [2.45, 2.75) is 34.5 Å². The van der Waals surface area contributed by atoms with Crippen molar-refractivity contribution in [1.82, 2.24) is 9.88 Å². The molecule has 0 bridgehead atoms. The predicted molar refractivity (Wildman–Crippen MR) is 140 cm³/mol. The Labute approximate surface area is 208 Å². The van der Waals surface area contributed by atoms with Crippen LogP contribution in [0.15, 0.2) is 89.8 Å². The number of aromatic nitrogens is 1. The van der Waals surface area contributed by atoms with Crippen LogP contribution in [0.2, 0.25) is 0 Å². The van der Waals surface area contributed by atoms with Gasteiger partial charge >= 0.3 is 6.09 Å². The number of carbonyl (C=O) groups excluding carboxylic acids is 1. The van der Waals surface area contributed by atoms with Gasteiger partial charge in [0.15, 0.2) is 0 Å². The number of aromatic amines is 1. The van der Waals surface area contributed by atoms with Crippen LogP contribution in [-0.4, -0.2) is 34.4 Å². The van der Waals surface area contributed by atoms with Crippen molar-refractivity contribution in [3.63, 3.8) is 0 Å². The molecule has 172 valence electrons. The molecule has 1 aliphatic heterocycles. The number of carbonyl (C=O) groups is 1. The van der Waals surface area contributed by atoms with E-state index in [1.54, 1.807) is 11.8 Å². The lowest BCUT2D eigenvalue weighted by Crippen LogP contribution is -2.34. The predicted octanol–water partition coefficient (Wildman–Crippen LogP) is 7.20. The highest BCUT2D eigenvalue weighted by atomic mass is 32.2. The van der Waals surface area contributed by atoms with Crippen LogP contribution < -0.4 is 0 Å². The van der Waals surface area contributed by atoms with E-state index in [-0.39, 0.29) is 23.5 Å². The number of thioether (sulfide) groups is 2. The first-order valence-corrected chi connectivity index (χ1v) is 13.7. The van der Waals surface area contributed by atoms with Crippen LogP contribution in [0.25, 0.3) is 10.9 Å². The molecule has 1 saturated heterocycles. The minimum Gasteiger partial charge on any atom is -0.443 e. The lowest BCUT2D eigenvalue weighted by molar-refractivity contribution is 0.122. The van der Waals surface area contributed by atoms with E-state index in [0.29, 0.717) is 6.54 Å². The minimum atomic E-state index is -0.186. The first-order valence-electron chi connectivity index (χ1n) is 11.7. The average Bonchev–Trinajstić information content (AvgIpc) is 3.41. The number of nitrogens with zero attached hydrogens (tertiary/aromatic N) is 1. The summed E-state index contributed by atoms with van der Waals surface area (Å²) < 4.78 is 5.99. The molecule has 2 heterocycles. The lowest BCUT2D eigenvalue weighted by Gasteiger charge is -2.33. The molecule has 1 unspecified atom stereocenters. The molecule has 1 N–H and O–H groups in total. The van der Waals surface area contributed by atoms with E-state index in [1.807, 2.05) is 22.7 Å². The van der Waals surface area contributed by atoms with Gasteiger partial charge in [0, 0.05) is 56.8 Å². The normalized spacial score (nSPS) is 21.4. The zero-order valence-corrected chi connectivity index (χ0v) is 20.4. The van der Waals surface area contributed by atoms with E-state index in [4.69, 9.17) is 4.74 Å². The number of H-pyrrole nitrogens is 1. The fourth-order valence-electron chi connectivity index (χ4n) is 5.11. The van der Waals surface area contributed by atoms with Gasteiger partial charge in [-0.15, -0.1) is 23.5 Å². The maximum Gasteiger partial charge on any atom is 0.410 e. The second-order valence-electron chi connectivity index (χ2n) is 8.74. The molecule has 0 saturated carbocycles. The third-order valence-electron chi connectivity index (χ3n) is 6.65. The summed E-state index contributed by atoms with van der Waals surface area (Å²) in [5.74, 6) is 1.77. The second-order valence-corrected chi connectivity index (χ2v) is 11.1. The second kappa shape index (κ2) is 9.43. The van der Waals surface area contributed by atoms with E-state index in [0.717, 1.165) is 23.4 Å². The lowest BCUT2D eigenvalue weighted by atomic mass is 9.87. The quantitative estimate of drug-likeness (QED) is 0.281. The largest absolute Gasteiger partial charge is 0.443 e. The third kappa shape index (κ3) is 4.10. The third-order valence-corrected chi connectivity index (χ3v) is 8.98. The van der Waals surface area contributed by atoms with Crippen LogP contribution in [0.4, 0.5) is 4.79 Å². The summed E-state index contributed by atoms with van der Waals surface area (Å²) in [6.45, 7) is 0.667. The number of nitrogens with one attached hydrogen (secondary N) is 1. The maximum atomic E-state index is 13.0. The number of para-hydroxylation sites is 1. The van der Waals surface area contributed by atoms with Gasteiger partial charge in [-0.3, -0.25) is 4.90 Å². The highest BCUT2D eigenvalue weighted by molar-refractivity contribution is 7.99. The first kappa shape index (κ1) is 21.7. The van der Waals surface area contributed by atoms with Gasteiger partial charge in [0.05, 0.1) is 6.04 Å². The standard InChI is InChI=1S/C28H26N2O2S2/c31-28-30(15-16-33-20-11-5-2-6-12-20)27-23(32-28)17-24(34-18-19-9-3-1-4-10-19)26-25(27)21-13-7-8-14-22(21)29-26/h1-14,23-24,27,29H,15-18H2/t23-,24?,27-/m0/s1. The minimum absolute atomic E-state index is 0.0383. The highest BCUT2D eigenvalue weighted by Crippen LogP contribution is 2.52. The number of hydrogen-bond donors (Lipinski definition) is 1. The Kier molecular flexibility index (Phi) is 6.02. The van der Waals surface area contributed by atoms with Crippen LogP contribution in [0, 0.1) is 0 Å². The van der Waals surface area contributed by atoms with Crippen LogP contribution in [0.5, 0.6) is 0 Å². The van der Waals surface area contributed by atoms with Crippen LogP contribution in [-0.2, 0) is 10.5 Å². The average molecular weight is 487 g/mol.